The lowest BCUT2D eigenvalue weighted by molar-refractivity contribution is -0.0266. The Labute approximate surface area is 224 Å². The van der Waals surface area contributed by atoms with Crippen LogP contribution in [0.15, 0.2) is 10.5 Å². The molecule has 36 heavy (non-hydrogen) atoms. The van der Waals surface area contributed by atoms with E-state index in [0.29, 0.717) is 43.5 Å². The van der Waals surface area contributed by atoms with Crippen LogP contribution in [0, 0.1) is 11.2 Å². The van der Waals surface area contributed by atoms with Crippen LogP contribution in [-0.4, -0.2) is 83.9 Å². The van der Waals surface area contributed by atoms with Crippen molar-refractivity contribution in [3.05, 3.63) is 21.4 Å². The van der Waals surface area contributed by atoms with E-state index in [4.69, 9.17) is 26.1 Å². The van der Waals surface area contributed by atoms with E-state index in [0.717, 1.165) is 32.4 Å². The molecule has 1 aromatic heterocycles. The normalized spacial score (nSPS) is 21.9. The number of carbonyl (C=O) groups is 1. The minimum absolute atomic E-state index is 0.0422. The number of halogens is 3. The maximum Gasteiger partial charge on any atom is 0.410 e. The highest BCUT2D eigenvalue weighted by atomic mass is 79.9. The minimum Gasteiger partial charge on any atom is -0.462 e. The molecule has 1 aromatic carbocycles. The van der Waals surface area contributed by atoms with E-state index in [2.05, 4.69) is 37.8 Å². The summed E-state index contributed by atoms with van der Waals surface area (Å²) in [6.07, 6.45) is 2.79. The summed E-state index contributed by atoms with van der Waals surface area (Å²) in [5.74, 6) is 0.0771. The summed E-state index contributed by atoms with van der Waals surface area (Å²) in [4.78, 5) is 27.7. The third kappa shape index (κ3) is 4.96. The van der Waals surface area contributed by atoms with Crippen LogP contribution in [0.3, 0.4) is 0 Å². The van der Waals surface area contributed by atoms with Gasteiger partial charge in [0.25, 0.3) is 0 Å². The van der Waals surface area contributed by atoms with E-state index in [-0.39, 0.29) is 32.5 Å². The fraction of sp³-hybridized carbons (Fsp3) is 0.640. The van der Waals surface area contributed by atoms with Crippen molar-refractivity contribution in [3.63, 3.8) is 0 Å². The van der Waals surface area contributed by atoms with Crippen molar-refractivity contribution in [1.29, 1.82) is 0 Å². The Morgan fingerprint density at radius 1 is 1.28 bits per heavy atom. The molecule has 11 heteroatoms. The molecule has 3 aliphatic heterocycles. The maximum absolute atomic E-state index is 15.3. The quantitative estimate of drug-likeness (QED) is 0.463. The number of rotatable bonds is 4. The first-order valence-corrected chi connectivity index (χ1v) is 13.5. The lowest BCUT2D eigenvalue weighted by atomic mass is 9.79. The zero-order valence-corrected chi connectivity index (χ0v) is 23.5. The SMILES string of the molecule is CN1CCCC1COc1nc(N2CCC3(CN(C(=O)OC(C)(C)C)C3)C2)c2cc(Cl)c(Br)c(F)c2n1. The predicted molar refractivity (Wildman–Crippen MR) is 140 cm³/mol. The zero-order chi connectivity index (χ0) is 25.8. The molecule has 3 saturated heterocycles. The van der Waals surface area contributed by atoms with Gasteiger partial charge in [-0.2, -0.15) is 9.97 Å². The molecule has 1 unspecified atom stereocenters. The zero-order valence-electron chi connectivity index (χ0n) is 21.1. The number of ether oxygens (including phenoxy) is 2. The van der Waals surface area contributed by atoms with Gasteiger partial charge in [-0.05, 0) is 75.6 Å². The number of likely N-dealkylation sites (tertiary alicyclic amines) is 2. The predicted octanol–water partition coefficient (Wildman–Crippen LogP) is 5.11. The molecule has 0 N–H and O–H groups in total. The molecule has 0 aliphatic carbocycles. The molecule has 8 nitrogen and oxygen atoms in total. The Balaban J connectivity index is 1.39. The number of hydrogen-bond donors (Lipinski definition) is 0. The Morgan fingerprint density at radius 3 is 2.69 bits per heavy atom. The third-order valence-corrected chi connectivity index (χ3v) is 8.61. The first-order valence-electron chi connectivity index (χ1n) is 12.4. The molecule has 196 valence electrons. The van der Waals surface area contributed by atoms with Gasteiger partial charge in [-0.1, -0.05) is 11.6 Å². The molecule has 0 saturated carbocycles. The average molecular weight is 585 g/mol. The summed E-state index contributed by atoms with van der Waals surface area (Å²) < 4.78 is 26.9. The summed E-state index contributed by atoms with van der Waals surface area (Å²) in [7, 11) is 2.08. The van der Waals surface area contributed by atoms with Crippen LogP contribution in [0.5, 0.6) is 6.01 Å². The summed E-state index contributed by atoms with van der Waals surface area (Å²) >= 11 is 9.56. The molecule has 2 aromatic rings. The number of aromatic nitrogens is 2. The van der Waals surface area contributed by atoms with Crippen molar-refractivity contribution in [1.82, 2.24) is 19.8 Å². The summed E-state index contributed by atoms with van der Waals surface area (Å²) in [5, 5.41) is 0.811. The molecule has 1 amide bonds. The van der Waals surface area contributed by atoms with E-state index in [1.165, 1.54) is 0 Å². The molecule has 0 bridgehead atoms. The number of amides is 1. The van der Waals surface area contributed by atoms with Crippen LogP contribution < -0.4 is 9.64 Å². The van der Waals surface area contributed by atoms with Gasteiger partial charge in [-0.3, -0.25) is 0 Å². The van der Waals surface area contributed by atoms with E-state index in [1.807, 2.05) is 20.8 Å². The second-order valence-electron chi connectivity index (χ2n) is 11.3. The van der Waals surface area contributed by atoms with Crippen LogP contribution in [0.4, 0.5) is 15.0 Å². The molecule has 0 radical (unpaired) electrons. The monoisotopic (exact) mass is 583 g/mol. The highest BCUT2D eigenvalue weighted by Crippen LogP contribution is 2.44. The van der Waals surface area contributed by atoms with Crippen LogP contribution in [0.2, 0.25) is 5.02 Å². The van der Waals surface area contributed by atoms with Gasteiger partial charge in [0.1, 0.15) is 23.5 Å². The van der Waals surface area contributed by atoms with Crippen molar-refractivity contribution < 1.29 is 18.7 Å². The molecular formula is C25H32BrClFN5O3. The lowest BCUT2D eigenvalue weighted by Crippen LogP contribution is -2.60. The second-order valence-corrected chi connectivity index (χ2v) is 12.5. The van der Waals surface area contributed by atoms with Crippen molar-refractivity contribution in [2.24, 2.45) is 5.41 Å². The first-order chi connectivity index (χ1) is 16.9. The minimum atomic E-state index is -0.530. The first kappa shape index (κ1) is 25.7. The standard InChI is InChI=1S/C25H32BrClFN5O3/c1-24(2,3)36-23(34)33-13-25(14-33)7-9-32(12-25)21-16-10-17(27)18(26)19(28)20(16)29-22(30-21)35-11-15-6-5-8-31(15)4/h10,15H,5-9,11-14H2,1-4H3. The number of fused-ring (bicyclic) bond motifs is 1. The molecule has 3 aliphatic rings. The highest BCUT2D eigenvalue weighted by molar-refractivity contribution is 9.10. The van der Waals surface area contributed by atoms with E-state index < -0.39 is 11.4 Å². The van der Waals surface area contributed by atoms with Gasteiger partial charge in [0.2, 0.25) is 0 Å². The third-order valence-electron chi connectivity index (χ3n) is 7.30. The van der Waals surface area contributed by atoms with E-state index >= 15 is 4.39 Å². The number of nitrogens with zero attached hydrogens (tertiary/aromatic N) is 5. The summed E-state index contributed by atoms with van der Waals surface area (Å²) in [6, 6.07) is 2.15. The molecule has 1 atom stereocenters. The van der Waals surface area contributed by atoms with Crippen LogP contribution in [0.25, 0.3) is 10.9 Å². The summed E-state index contributed by atoms with van der Waals surface area (Å²) in [5.41, 5.74) is -0.390. The molecular weight excluding hydrogens is 553 g/mol. The number of anilines is 1. The Hall–Kier alpha value is -1.91. The molecule has 5 rings (SSSR count). The van der Waals surface area contributed by atoms with Gasteiger partial charge in [0.15, 0.2) is 5.82 Å². The topological polar surface area (TPSA) is 71.0 Å². The van der Waals surface area contributed by atoms with E-state index in [1.54, 1.807) is 11.0 Å². The fourth-order valence-electron chi connectivity index (χ4n) is 5.40. The van der Waals surface area contributed by atoms with Gasteiger partial charge in [-0.15, -0.1) is 0 Å². The van der Waals surface area contributed by atoms with Crippen molar-refractivity contribution >= 4 is 50.3 Å². The molecule has 3 fully saturated rings. The van der Waals surface area contributed by atoms with Crippen LogP contribution in [0.1, 0.15) is 40.0 Å². The largest absolute Gasteiger partial charge is 0.462 e. The molecule has 4 heterocycles. The van der Waals surface area contributed by atoms with Crippen LogP contribution in [-0.2, 0) is 4.74 Å². The molecule has 1 spiro atoms. The number of likely N-dealkylation sites (N-methyl/N-ethyl adjacent to an activating group) is 1. The van der Waals surface area contributed by atoms with Gasteiger partial charge < -0.3 is 24.2 Å². The lowest BCUT2D eigenvalue weighted by Gasteiger charge is -2.47. The maximum atomic E-state index is 15.3. The Morgan fingerprint density at radius 2 is 2.03 bits per heavy atom. The van der Waals surface area contributed by atoms with Crippen LogP contribution >= 0.6 is 27.5 Å². The summed E-state index contributed by atoms with van der Waals surface area (Å²) in [6.45, 7) is 9.76. The van der Waals surface area contributed by atoms with Gasteiger partial charge in [-0.25, -0.2) is 9.18 Å². The van der Waals surface area contributed by atoms with Crippen molar-refractivity contribution in [2.75, 3.05) is 51.3 Å². The highest BCUT2D eigenvalue weighted by Gasteiger charge is 2.50. The Kier molecular flexibility index (Phi) is 6.74. The van der Waals surface area contributed by atoms with E-state index in [9.17, 15) is 4.79 Å². The smallest absolute Gasteiger partial charge is 0.410 e. The second kappa shape index (κ2) is 9.44. The average Bonchev–Trinajstić information content (AvgIpc) is 3.40. The van der Waals surface area contributed by atoms with Gasteiger partial charge in [0, 0.05) is 43.0 Å². The fourth-order valence-corrected chi connectivity index (χ4v) is 5.89. The van der Waals surface area contributed by atoms with Crippen molar-refractivity contribution in [3.8, 4) is 6.01 Å². The number of benzene rings is 1. The number of hydrogen-bond acceptors (Lipinski definition) is 7. The Bertz CT molecular complexity index is 1190. The van der Waals surface area contributed by atoms with Crippen molar-refractivity contribution in [2.45, 2.75) is 51.7 Å². The van der Waals surface area contributed by atoms with Gasteiger partial charge in [0.05, 0.1) is 9.50 Å². The van der Waals surface area contributed by atoms with Gasteiger partial charge >= 0.3 is 12.1 Å². The number of carbonyl (C=O) groups excluding carboxylic acids is 1.